The molecule has 32 heavy (non-hydrogen) atoms. The molecule has 0 aliphatic carbocycles. The van der Waals surface area contributed by atoms with E-state index < -0.39 is 43.5 Å². The number of esters is 1. The number of rotatable bonds is 13. The molecule has 3 atom stereocenters. The van der Waals surface area contributed by atoms with Gasteiger partial charge in [0.2, 0.25) is 0 Å². The van der Waals surface area contributed by atoms with Crippen molar-refractivity contribution in [1.29, 1.82) is 0 Å². The molecular weight excluding hydrogens is 443 g/mol. The molecule has 12 heteroatoms. The maximum atomic E-state index is 13.0. The smallest absolute Gasteiger partial charge is 0.460 e. The largest absolute Gasteiger partial charge is 0.474 e. The first-order chi connectivity index (χ1) is 15.2. The fourth-order valence-electron chi connectivity index (χ4n) is 3.08. The molecule has 1 aliphatic rings. The van der Waals surface area contributed by atoms with Crippen LogP contribution in [0.1, 0.15) is 64.7 Å². The standard InChI is InChI=1S/C20H33N2O9P/c1-5-7-9-27-32(26,28-10-8-6-2)29-13-17-16(30-15(4)23)11-18(31-17)22-12-14(3)19(24)21-20(22)25/h12,16-18H,5-11,13H2,1-4H3,(H,21,24,25)/t16-,17+,18+/m0/s1. The van der Waals surface area contributed by atoms with Crippen molar-refractivity contribution in [3.8, 4) is 0 Å². The van der Waals surface area contributed by atoms with E-state index in [1.165, 1.54) is 17.7 Å². The van der Waals surface area contributed by atoms with Gasteiger partial charge in [-0.15, -0.1) is 0 Å². The van der Waals surface area contributed by atoms with Crippen LogP contribution in [0.25, 0.3) is 0 Å². The Kier molecular flexibility index (Phi) is 10.3. The van der Waals surface area contributed by atoms with Gasteiger partial charge in [0.05, 0.1) is 19.8 Å². The average molecular weight is 476 g/mol. The molecular formula is C20H33N2O9P. The van der Waals surface area contributed by atoms with Gasteiger partial charge >= 0.3 is 19.5 Å². The van der Waals surface area contributed by atoms with Crippen molar-refractivity contribution in [3.05, 3.63) is 32.6 Å². The van der Waals surface area contributed by atoms with E-state index >= 15 is 0 Å². The summed E-state index contributed by atoms with van der Waals surface area (Å²) in [6.45, 7) is 6.97. The van der Waals surface area contributed by atoms with E-state index in [9.17, 15) is 18.9 Å². The van der Waals surface area contributed by atoms with Gasteiger partial charge in [-0.1, -0.05) is 26.7 Å². The predicted molar refractivity (Wildman–Crippen MR) is 115 cm³/mol. The van der Waals surface area contributed by atoms with Crippen molar-refractivity contribution in [3.63, 3.8) is 0 Å². The SMILES string of the molecule is CCCCOP(=O)(OCCCC)OC[C@H]1O[C@@H](n2cc(C)c(=O)[nH]c2=O)C[C@@H]1OC(C)=O. The molecule has 1 fully saturated rings. The van der Waals surface area contributed by atoms with E-state index in [1.54, 1.807) is 6.92 Å². The number of hydrogen-bond acceptors (Lipinski definition) is 9. The number of aromatic amines is 1. The zero-order valence-electron chi connectivity index (χ0n) is 19.0. The van der Waals surface area contributed by atoms with E-state index in [2.05, 4.69) is 4.98 Å². The molecule has 1 N–H and O–H groups in total. The second-order valence-electron chi connectivity index (χ2n) is 7.61. The van der Waals surface area contributed by atoms with E-state index in [4.69, 9.17) is 23.0 Å². The number of nitrogens with zero attached hydrogens (tertiary/aromatic N) is 1. The van der Waals surface area contributed by atoms with Crippen LogP contribution >= 0.6 is 7.82 Å². The Morgan fingerprint density at radius 2 is 1.81 bits per heavy atom. The summed E-state index contributed by atoms with van der Waals surface area (Å²) in [6.07, 6.45) is 2.24. The Balaban J connectivity index is 2.14. The first-order valence-corrected chi connectivity index (χ1v) is 12.3. The summed E-state index contributed by atoms with van der Waals surface area (Å²) in [7, 11) is -3.84. The zero-order chi connectivity index (χ0) is 23.7. The summed E-state index contributed by atoms with van der Waals surface area (Å²) in [4.78, 5) is 37.7. The van der Waals surface area contributed by atoms with Gasteiger partial charge in [0.15, 0.2) is 0 Å². The van der Waals surface area contributed by atoms with Crippen molar-refractivity contribution < 1.29 is 32.4 Å². The summed E-state index contributed by atoms with van der Waals surface area (Å²) in [5.41, 5.74) is -0.810. The molecule has 1 aromatic heterocycles. The zero-order valence-corrected chi connectivity index (χ0v) is 19.9. The number of ether oxygens (including phenoxy) is 2. The van der Waals surface area contributed by atoms with Crippen LogP contribution in [0, 0.1) is 6.92 Å². The molecule has 0 bridgehead atoms. The van der Waals surface area contributed by atoms with Gasteiger partial charge in [0.1, 0.15) is 18.4 Å². The number of H-pyrrole nitrogens is 1. The van der Waals surface area contributed by atoms with Gasteiger partial charge in [0.25, 0.3) is 5.56 Å². The van der Waals surface area contributed by atoms with Gasteiger partial charge < -0.3 is 9.47 Å². The normalized spacial score (nSPS) is 21.1. The van der Waals surface area contributed by atoms with Crippen LogP contribution in [-0.2, 0) is 32.4 Å². The molecule has 1 aliphatic heterocycles. The number of hydrogen-bond donors (Lipinski definition) is 1. The fraction of sp³-hybridized carbons (Fsp3) is 0.750. The topological polar surface area (TPSA) is 135 Å². The number of nitrogens with one attached hydrogen (secondary N) is 1. The van der Waals surface area contributed by atoms with Gasteiger partial charge in [-0.3, -0.25) is 32.7 Å². The first kappa shape index (κ1) is 26.5. The molecule has 0 amide bonds. The highest BCUT2D eigenvalue weighted by Gasteiger charge is 2.41. The molecule has 0 saturated carbocycles. The van der Waals surface area contributed by atoms with Crippen LogP contribution in [0.2, 0.25) is 0 Å². The van der Waals surface area contributed by atoms with Gasteiger partial charge in [0, 0.05) is 25.1 Å². The monoisotopic (exact) mass is 476 g/mol. The third-order valence-corrected chi connectivity index (χ3v) is 6.31. The Morgan fingerprint density at radius 3 is 2.38 bits per heavy atom. The summed E-state index contributed by atoms with van der Waals surface area (Å²) in [5.74, 6) is -0.532. The van der Waals surface area contributed by atoms with Crippen LogP contribution in [0.15, 0.2) is 15.8 Å². The number of unbranched alkanes of at least 4 members (excludes halogenated alkanes) is 2. The van der Waals surface area contributed by atoms with E-state index in [1.807, 2.05) is 13.8 Å². The third-order valence-electron chi connectivity index (χ3n) is 4.85. The van der Waals surface area contributed by atoms with Crippen molar-refractivity contribution in [2.24, 2.45) is 0 Å². The van der Waals surface area contributed by atoms with Crippen molar-refractivity contribution in [1.82, 2.24) is 9.55 Å². The highest BCUT2D eigenvalue weighted by Crippen LogP contribution is 2.50. The molecule has 0 aromatic carbocycles. The van der Waals surface area contributed by atoms with Crippen LogP contribution < -0.4 is 11.2 Å². The molecule has 0 unspecified atom stereocenters. The maximum absolute atomic E-state index is 13.0. The predicted octanol–water partition coefficient (Wildman–Crippen LogP) is 2.82. The number of aromatic nitrogens is 2. The lowest BCUT2D eigenvalue weighted by molar-refractivity contribution is -0.150. The fourth-order valence-corrected chi connectivity index (χ4v) is 4.33. The number of phosphoric acid groups is 1. The molecule has 182 valence electrons. The Morgan fingerprint density at radius 1 is 1.19 bits per heavy atom. The van der Waals surface area contributed by atoms with Gasteiger partial charge in [-0.2, -0.15) is 0 Å². The third kappa shape index (κ3) is 7.67. The Bertz CT molecular complexity index is 899. The molecule has 2 heterocycles. The van der Waals surface area contributed by atoms with E-state index in [0.717, 1.165) is 12.8 Å². The Hall–Kier alpha value is -1.78. The minimum atomic E-state index is -3.84. The molecule has 1 aromatic rings. The van der Waals surface area contributed by atoms with Crippen molar-refractivity contribution >= 4 is 13.8 Å². The van der Waals surface area contributed by atoms with Crippen LogP contribution in [0.5, 0.6) is 0 Å². The minimum absolute atomic E-state index is 0.149. The molecule has 11 nitrogen and oxygen atoms in total. The molecule has 0 radical (unpaired) electrons. The summed E-state index contributed by atoms with van der Waals surface area (Å²) < 4.78 is 41.8. The van der Waals surface area contributed by atoms with Crippen LogP contribution in [0.3, 0.4) is 0 Å². The first-order valence-electron chi connectivity index (χ1n) is 10.9. The van der Waals surface area contributed by atoms with Gasteiger partial charge in [-0.25, -0.2) is 9.36 Å². The summed E-state index contributed by atoms with van der Waals surface area (Å²) in [6, 6.07) is 0. The van der Waals surface area contributed by atoms with E-state index in [-0.39, 0.29) is 26.2 Å². The highest BCUT2D eigenvalue weighted by molar-refractivity contribution is 7.48. The van der Waals surface area contributed by atoms with Crippen molar-refractivity contribution in [2.45, 2.75) is 78.2 Å². The Labute approximate surface area is 187 Å². The summed E-state index contributed by atoms with van der Waals surface area (Å²) in [5, 5.41) is 0. The number of carbonyl (C=O) groups is 1. The second kappa shape index (κ2) is 12.5. The average Bonchev–Trinajstić information content (AvgIpc) is 3.11. The quantitative estimate of drug-likeness (QED) is 0.259. The minimum Gasteiger partial charge on any atom is -0.460 e. The number of carbonyl (C=O) groups excluding carboxylic acids is 1. The maximum Gasteiger partial charge on any atom is 0.474 e. The highest BCUT2D eigenvalue weighted by atomic mass is 31.2. The second-order valence-corrected chi connectivity index (χ2v) is 9.28. The molecule has 1 saturated heterocycles. The number of phosphoric ester groups is 1. The van der Waals surface area contributed by atoms with Crippen LogP contribution in [-0.4, -0.2) is 47.5 Å². The van der Waals surface area contributed by atoms with Crippen LogP contribution in [0.4, 0.5) is 0 Å². The van der Waals surface area contributed by atoms with Gasteiger partial charge in [-0.05, 0) is 19.8 Å². The summed E-state index contributed by atoms with van der Waals surface area (Å²) >= 11 is 0. The lowest BCUT2D eigenvalue weighted by Gasteiger charge is -2.22. The molecule has 2 rings (SSSR count). The van der Waals surface area contributed by atoms with E-state index in [0.29, 0.717) is 18.4 Å². The lowest BCUT2D eigenvalue weighted by Crippen LogP contribution is -2.33. The molecule has 0 spiro atoms. The number of aryl methyl sites for hydroxylation is 1. The van der Waals surface area contributed by atoms with Crippen molar-refractivity contribution in [2.75, 3.05) is 19.8 Å². The lowest BCUT2D eigenvalue weighted by atomic mass is 10.2.